The lowest BCUT2D eigenvalue weighted by molar-refractivity contribution is 1.10. The largest absolute Gasteiger partial charge is 0.307 e. The molecule has 4 nitrogen and oxygen atoms in total. The minimum atomic E-state index is 1.07. The summed E-state index contributed by atoms with van der Waals surface area (Å²) in [6, 6.07) is 79.3. The van der Waals surface area contributed by atoms with Crippen LogP contribution in [-0.2, 0) is 0 Å². The first kappa shape index (κ1) is 32.4. The van der Waals surface area contributed by atoms with Crippen molar-refractivity contribution in [3.63, 3.8) is 0 Å². The molecule has 0 N–H and O–H groups in total. The standard InChI is InChI=1S/C54H36N4/c1-7-25-43-37(19-1)38-20-2-8-26-44(38)55(43)49-31-13-16-34-52(49)58(53-35-17-14-32-50(53)56-45-27-9-3-21-39(45)40-22-4-10-28-46(40)56)54-36-18-15-33-51(54)57-47-29-11-5-23-41(47)42-24-6-12-30-48(42)57/h1-36H. The van der Waals surface area contributed by atoms with E-state index in [1.807, 2.05) is 0 Å². The predicted molar refractivity (Wildman–Crippen MR) is 244 cm³/mol. The minimum Gasteiger partial charge on any atom is -0.307 e. The lowest BCUT2D eigenvalue weighted by atomic mass is 10.1. The monoisotopic (exact) mass is 740 g/mol. The molecule has 12 aromatic rings. The number of fused-ring (bicyclic) bond motifs is 9. The van der Waals surface area contributed by atoms with Crippen LogP contribution in [0.1, 0.15) is 0 Å². The Balaban J connectivity index is 1.22. The predicted octanol–water partition coefficient (Wildman–Crippen LogP) is 14.4. The number of anilines is 3. The molecule has 3 heterocycles. The van der Waals surface area contributed by atoms with Gasteiger partial charge in [0.25, 0.3) is 0 Å². The number of aromatic nitrogens is 3. The normalized spacial score (nSPS) is 11.8. The molecule has 0 saturated carbocycles. The molecule has 0 spiro atoms. The van der Waals surface area contributed by atoms with Crippen LogP contribution in [0, 0.1) is 0 Å². The summed E-state index contributed by atoms with van der Waals surface area (Å²) in [6.07, 6.45) is 0. The van der Waals surface area contributed by atoms with Crippen LogP contribution in [0.25, 0.3) is 82.5 Å². The summed E-state index contributed by atoms with van der Waals surface area (Å²) in [5, 5.41) is 7.39. The average molecular weight is 741 g/mol. The van der Waals surface area contributed by atoms with Crippen LogP contribution in [0.4, 0.5) is 17.1 Å². The third kappa shape index (κ3) is 4.69. The molecule has 0 aliphatic heterocycles. The molecule has 0 fully saturated rings. The molecular weight excluding hydrogens is 705 g/mol. The molecule has 4 heteroatoms. The molecule has 0 aliphatic rings. The zero-order valence-corrected chi connectivity index (χ0v) is 31.6. The fourth-order valence-corrected chi connectivity index (χ4v) is 9.46. The van der Waals surface area contributed by atoms with E-state index in [0.717, 1.165) is 34.1 Å². The Hall–Kier alpha value is -7.82. The van der Waals surface area contributed by atoms with Crippen LogP contribution < -0.4 is 4.90 Å². The van der Waals surface area contributed by atoms with Gasteiger partial charge in [0, 0.05) is 32.3 Å². The first-order valence-electron chi connectivity index (χ1n) is 19.9. The van der Waals surface area contributed by atoms with Crippen molar-refractivity contribution in [2.45, 2.75) is 0 Å². The summed E-state index contributed by atoms with van der Waals surface area (Å²) >= 11 is 0. The smallest absolute Gasteiger partial charge is 0.0704 e. The number of rotatable bonds is 6. The molecule has 12 rings (SSSR count). The average Bonchev–Trinajstić information content (AvgIpc) is 3.93. The highest BCUT2D eigenvalue weighted by Gasteiger charge is 2.27. The van der Waals surface area contributed by atoms with E-state index < -0.39 is 0 Å². The van der Waals surface area contributed by atoms with Gasteiger partial charge in [-0.2, -0.15) is 0 Å². The second-order valence-electron chi connectivity index (χ2n) is 14.9. The summed E-state index contributed by atoms with van der Waals surface area (Å²) < 4.78 is 7.33. The van der Waals surface area contributed by atoms with Crippen molar-refractivity contribution < 1.29 is 0 Å². The van der Waals surface area contributed by atoms with Gasteiger partial charge >= 0.3 is 0 Å². The summed E-state index contributed by atoms with van der Waals surface area (Å²) in [7, 11) is 0. The Labute approximate surface area is 335 Å². The van der Waals surface area contributed by atoms with Crippen LogP contribution in [0.3, 0.4) is 0 Å². The molecule has 0 bridgehead atoms. The molecule has 0 amide bonds. The van der Waals surface area contributed by atoms with E-state index in [2.05, 4.69) is 237 Å². The molecule has 272 valence electrons. The Morgan fingerprint density at radius 2 is 0.397 bits per heavy atom. The van der Waals surface area contributed by atoms with E-state index >= 15 is 0 Å². The quantitative estimate of drug-likeness (QED) is 0.166. The molecule has 0 saturated heterocycles. The summed E-state index contributed by atoms with van der Waals surface area (Å²) in [5.74, 6) is 0. The lowest BCUT2D eigenvalue weighted by Gasteiger charge is -2.32. The molecule has 3 aromatic heterocycles. The maximum atomic E-state index is 2.50. The second kappa shape index (κ2) is 12.9. The molecule has 58 heavy (non-hydrogen) atoms. The fraction of sp³-hybridized carbons (Fsp3) is 0. The molecule has 0 atom stereocenters. The zero-order valence-electron chi connectivity index (χ0n) is 31.6. The number of hydrogen-bond donors (Lipinski definition) is 0. The van der Waals surface area contributed by atoms with Gasteiger partial charge in [-0.05, 0) is 72.8 Å². The van der Waals surface area contributed by atoms with Gasteiger partial charge in [-0.25, -0.2) is 0 Å². The first-order valence-corrected chi connectivity index (χ1v) is 19.9. The lowest BCUT2D eigenvalue weighted by Crippen LogP contribution is -2.17. The van der Waals surface area contributed by atoms with Crippen LogP contribution in [0.2, 0.25) is 0 Å². The molecule has 0 unspecified atom stereocenters. The van der Waals surface area contributed by atoms with Crippen molar-refractivity contribution >= 4 is 82.5 Å². The van der Waals surface area contributed by atoms with Crippen LogP contribution in [-0.4, -0.2) is 13.7 Å². The maximum absolute atomic E-state index is 2.50. The van der Waals surface area contributed by atoms with E-state index in [0.29, 0.717) is 0 Å². The zero-order chi connectivity index (χ0) is 38.2. The van der Waals surface area contributed by atoms with Gasteiger partial charge in [-0.1, -0.05) is 146 Å². The van der Waals surface area contributed by atoms with Crippen LogP contribution in [0.15, 0.2) is 218 Å². The third-order valence-corrected chi connectivity index (χ3v) is 11.8. The number of benzene rings is 9. The van der Waals surface area contributed by atoms with E-state index in [9.17, 15) is 0 Å². The molecule has 9 aromatic carbocycles. The van der Waals surface area contributed by atoms with Crippen molar-refractivity contribution in [2.24, 2.45) is 0 Å². The Morgan fingerprint density at radius 3 is 0.638 bits per heavy atom. The van der Waals surface area contributed by atoms with Crippen molar-refractivity contribution in [2.75, 3.05) is 4.90 Å². The van der Waals surface area contributed by atoms with Crippen molar-refractivity contribution in [3.05, 3.63) is 218 Å². The van der Waals surface area contributed by atoms with Crippen molar-refractivity contribution in [1.82, 2.24) is 13.7 Å². The van der Waals surface area contributed by atoms with Gasteiger partial charge in [-0.15, -0.1) is 0 Å². The molecule has 0 radical (unpaired) electrons. The van der Waals surface area contributed by atoms with E-state index in [4.69, 9.17) is 0 Å². The topological polar surface area (TPSA) is 18.0 Å². The van der Waals surface area contributed by atoms with Crippen molar-refractivity contribution in [1.29, 1.82) is 0 Å². The minimum absolute atomic E-state index is 1.07. The molecular formula is C54H36N4. The summed E-state index contributed by atoms with van der Waals surface area (Å²) in [5.41, 5.74) is 13.5. The highest BCUT2D eigenvalue weighted by Crippen LogP contribution is 2.47. The molecule has 0 aliphatic carbocycles. The van der Waals surface area contributed by atoms with Crippen LogP contribution >= 0.6 is 0 Å². The van der Waals surface area contributed by atoms with Gasteiger partial charge in [0.2, 0.25) is 0 Å². The van der Waals surface area contributed by atoms with E-state index in [-0.39, 0.29) is 0 Å². The van der Waals surface area contributed by atoms with Gasteiger partial charge in [-0.3, -0.25) is 0 Å². The van der Waals surface area contributed by atoms with Crippen LogP contribution in [0.5, 0.6) is 0 Å². The Morgan fingerprint density at radius 1 is 0.207 bits per heavy atom. The Kier molecular flexibility index (Phi) is 7.20. The van der Waals surface area contributed by atoms with E-state index in [1.54, 1.807) is 0 Å². The van der Waals surface area contributed by atoms with E-state index in [1.165, 1.54) is 65.4 Å². The Bertz CT molecular complexity index is 3010. The third-order valence-electron chi connectivity index (χ3n) is 11.8. The number of hydrogen-bond acceptors (Lipinski definition) is 1. The summed E-state index contributed by atoms with van der Waals surface area (Å²) in [4.78, 5) is 2.50. The first-order chi connectivity index (χ1) is 28.8. The number of para-hydroxylation sites is 12. The van der Waals surface area contributed by atoms with Gasteiger partial charge in [0.1, 0.15) is 0 Å². The SMILES string of the molecule is c1ccc(-n2c3ccccc3c3ccccc32)c(N(c2ccccc2-n2c3ccccc3c3ccccc32)c2ccccc2-n2c3ccccc3c3ccccc32)c1. The van der Waals surface area contributed by atoms with Crippen molar-refractivity contribution in [3.8, 4) is 17.1 Å². The highest BCUT2D eigenvalue weighted by atomic mass is 15.2. The van der Waals surface area contributed by atoms with Gasteiger partial charge in [0.05, 0.1) is 67.2 Å². The van der Waals surface area contributed by atoms with Gasteiger partial charge in [0.15, 0.2) is 0 Å². The number of nitrogens with zero attached hydrogens (tertiary/aromatic N) is 4. The fourth-order valence-electron chi connectivity index (χ4n) is 9.46. The maximum Gasteiger partial charge on any atom is 0.0704 e. The summed E-state index contributed by atoms with van der Waals surface area (Å²) in [6.45, 7) is 0. The highest BCUT2D eigenvalue weighted by molar-refractivity contribution is 6.12. The van der Waals surface area contributed by atoms with Gasteiger partial charge < -0.3 is 18.6 Å². The second-order valence-corrected chi connectivity index (χ2v) is 14.9.